The summed E-state index contributed by atoms with van der Waals surface area (Å²) in [7, 11) is -4.14. The summed E-state index contributed by atoms with van der Waals surface area (Å²) < 4.78 is 77.7. The second-order valence-corrected chi connectivity index (χ2v) is 7.80. The Labute approximate surface area is 159 Å². The van der Waals surface area contributed by atoms with Crippen molar-refractivity contribution in [1.82, 2.24) is 4.72 Å². The summed E-state index contributed by atoms with van der Waals surface area (Å²) in [5.41, 5.74) is -0.0882. The fraction of sp³-hybridized carbons (Fsp3) is 0.278. The average molecular weight is 418 g/mol. The summed E-state index contributed by atoms with van der Waals surface area (Å²) in [6, 6.07) is 7.31. The maximum absolute atomic E-state index is 13.2. The molecule has 0 aliphatic heterocycles. The van der Waals surface area contributed by atoms with E-state index >= 15 is 0 Å². The molecule has 2 rings (SSSR count). The molecule has 0 bridgehead atoms. The van der Waals surface area contributed by atoms with Gasteiger partial charge >= 0.3 is 6.18 Å². The minimum absolute atomic E-state index is 0.0545. The van der Waals surface area contributed by atoms with E-state index in [1.807, 2.05) is 0 Å². The lowest BCUT2D eigenvalue weighted by molar-refractivity contribution is -0.137. The zero-order chi connectivity index (χ0) is 20.9. The van der Waals surface area contributed by atoms with Crippen LogP contribution in [0.25, 0.3) is 0 Å². The third kappa shape index (κ3) is 6.03. The van der Waals surface area contributed by atoms with Crippen molar-refractivity contribution in [3.05, 3.63) is 59.4 Å². The number of amides is 1. The van der Waals surface area contributed by atoms with Crippen LogP contribution in [0.1, 0.15) is 24.0 Å². The van der Waals surface area contributed by atoms with Gasteiger partial charge in [0, 0.05) is 18.7 Å². The Kier molecular flexibility index (Phi) is 6.78. The minimum Gasteiger partial charge on any atom is -0.326 e. The molecule has 10 heteroatoms. The Morgan fingerprint density at radius 2 is 1.82 bits per heavy atom. The van der Waals surface area contributed by atoms with Crippen LogP contribution in [-0.2, 0) is 21.0 Å². The number of sulfonamides is 1. The molecule has 0 radical (unpaired) electrons. The predicted octanol–water partition coefficient (Wildman–Crippen LogP) is 3.85. The summed E-state index contributed by atoms with van der Waals surface area (Å²) in [6.45, 7) is 1.55. The fourth-order valence-corrected chi connectivity index (χ4v) is 3.44. The molecule has 0 saturated heterocycles. The first-order valence-corrected chi connectivity index (χ1v) is 9.70. The van der Waals surface area contributed by atoms with E-state index in [1.165, 1.54) is 18.2 Å². The van der Waals surface area contributed by atoms with Crippen molar-refractivity contribution in [3.8, 4) is 0 Å². The summed E-state index contributed by atoms with van der Waals surface area (Å²) in [5, 5.41) is 2.52. The maximum atomic E-state index is 13.2. The first-order chi connectivity index (χ1) is 13.0. The van der Waals surface area contributed by atoms with Crippen LogP contribution in [0.3, 0.4) is 0 Å². The van der Waals surface area contributed by atoms with Crippen LogP contribution in [0, 0.1) is 12.7 Å². The molecular formula is C18H18F4N2O3S. The lowest BCUT2D eigenvalue weighted by Gasteiger charge is -2.11. The highest BCUT2D eigenvalue weighted by Gasteiger charge is 2.31. The molecule has 2 N–H and O–H groups in total. The summed E-state index contributed by atoms with van der Waals surface area (Å²) >= 11 is 0. The third-order valence-corrected chi connectivity index (χ3v) is 5.28. The Morgan fingerprint density at radius 3 is 2.50 bits per heavy atom. The van der Waals surface area contributed by atoms with Crippen molar-refractivity contribution in [2.45, 2.75) is 30.8 Å². The lowest BCUT2D eigenvalue weighted by Crippen LogP contribution is -2.26. The minimum atomic E-state index is -4.65. The molecule has 0 atom stereocenters. The topological polar surface area (TPSA) is 75.3 Å². The summed E-state index contributed by atoms with van der Waals surface area (Å²) in [5.74, 6) is -0.943. The van der Waals surface area contributed by atoms with Gasteiger partial charge in [-0.3, -0.25) is 4.79 Å². The highest BCUT2D eigenvalue weighted by molar-refractivity contribution is 7.89. The number of rotatable bonds is 7. The molecule has 0 aromatic heterocycles. The number of hydrogen-bond acceptors (Lipinski definition) is 3. The van der Waals surface area contributed by atoms with Crippen molar-refractivity contribution in [3.63, 3.8) is 0 Å². The van der Waals surface area contributed by atoms with Gasteiger partial charge in [0.15, 0.2) is 0 Å². The van der Waals surface area contributed by atoms with Crippen LogP contribution in [0.2, 0.25) is 0 Å². The molecule has 1 amide bonds. The first-order valence-electron chi connectivity index (χ1n) is 8.22. The largest absolute Gasteiger partial charge is 0.416 e. The molecule has 0 aliphatic rings. The molecule has 0 fully saturated rings. The van der Waals surface area contributed by atoms with E-state index in [4.69, 9.17) is 0 Å². The molecule has 0 heterocycles. The van der Waals surface area contributed by atoms with E-state index in [-0.39, 0.29) is 19.4 Å². The third-order valence-electron chi connectivity index (χ3n) is 3.82. The number of halogens is 4. The van der Waals surface area contributed by atoms with E-state index < -0.39 is 38.4 Å². The van der Waals surface area contributed by atoms with Gasteiger partial charge in [0.1, 0.15) is 5.82 Å². The van der Waals surface area contributed by atoms with Gasteiger partial charge in [0.05, 0.1) is 10.5 Å². The van der Waals surface area contributed by atoms with Crippen LogP contribution < -0.4 is 10.0 Å². The van der Waals surface area contributed by atoms with Crippen LogP contribution in [0.5, 0.6) is 0 Å². The molecule has 0 aliphatic carbocycles. The zero-order valence-corrected chi connectivity index (χ0v) is 15.6. The van der Waals surface area contributed by atoms with Gasteiger partial charge in [-0.25, -0.2) is 17.5 Å². The van der Waals surface area contributed by atoms with E-state index in [9.17, 15) is 30.8 Å². The van der Waals surface area contributed by atoms with Crippen LogP contribution in [-0.4, -0.2) is 20.9 Å². The van der Waals surface area contributed by atoms with Gasteiger partial charge in [-0.15, -0.1) is 0 Å². The predicted molar refractivity (Wildman–Crippen MR) is 95.6 cm³/mol. The van der Waals surface area contributed by atoms with Crippen molar-refractivity contribution < 1.29 is 30.8 Å². The van der Waals surface area contributed by atoms with Crippen LogP contribution in [0.15, 0.2) is 47.4 Å². The van der Waals surface area contributed by atoms with E-state index in [2.05, 4.69) is 10.0 Å². The van der Waals surface area contributed by atoms with E-state index in [1.54, 1.807) is 6.92 Å². The summed E-state index contributed by atoms with van der Waals surface area (Å²) in [4.78, 5) is 11.4. The van der Waals surface area contributed by atoms with E-state index in [0.29, 0.717) is 17.3 Å². The molecule has 28 heavy (non-hydrogen) atoms. The second-order valence-electron chi connectivity index (χ2n) is 6.03. The molecule has 0 saturated carbocycles. The van der Waals surface area contributed by atoms with Crippen LogP contribution >= 0.6 is 0 Å². The number of carbonyl (C=O) groups is 1. The number of benzene rings is 2. The molecule has 2 aromatic carbocycles. The number of alkyl halides is 3. The monoisotopic (exact) mass is 418 g/mol. The Bertz CT molecular complexity index is 960. The molecule has 2 aromatic rings. The highest BCUT2D eigenvalue weighted by atomic mass is 32.2. The molecule has 152 valence electrons. The number of aryl methyl sites for hydroxylation is 1. The Balaban J connectivity index is 1.89. The fourth-order valence-electron chi connectivity index (χ4n) is 2.32. The first kappa shape index (κ1) is 21.8. The van der Waals surface area contributed by atoms with Crippen molar-refractivity contribution in [1.29, 1.82) is 0 Å². The number of anilines is 1. The molecule has 0 unspecified atom stereocenters. The van der Waals surface area contributed by atoms with Gasteiger partial charge in [0.25, 0.3) is 0 Å². The van der Waals surface area contributed by atoms with Gasteiger partial charge < -0.3 is 5.32 Å². The van der Waals surface area contributed by atoms with E-state index in [0.717, 1.165) is 18.2 Å². The van der Waals surface area contributed by atoms with Gasteiger partial charge in [0.2, 0.25) is 15.9 Å². The van der Waals surface area contributed by atoms with Crippen molar-refractivity contribution in [2.75, 3.05) is 11.9 Å². The lowest BCUT2D eigenvalue weighted by atomic mass is 10.2. The number of nitrogens with one attached hydrogen (secondary N) is 2. The summed E-state index contributed by atoms with van der Waals surface area (Å²) in [6.07, 6.45) is -4.60. The van der Waals surface area contributed by atoms with Crippen molar-refractivity contribution in [2.24, 2.45) is 0 Å². The molecular weight excluding hydrogens is 400 g/mol. The standard InChI is InChI=1S/C18H18F4N2O3S/c1-12-7-8-14(19)11-16(12)24-17(25)6-3-9-23-28(26,27)15-5-2-4-13(10-15)18(20,21)22/h2,4-5,7-8,10-11,23H,3,6,9H2,1H3,(H,24,25). The average Bonchev–Trinajstić information content (AvgIpc) is 2.61. The molecule has 0 spiro atoms. The highest BCUT2D eigenvalue weighted by Crippen LogP contribution is 2.30. The van der Waals surface area contributed by atoms with Crippen LogP contribution in [0.4, 0.5) is 23.2 Å². The SMILES string of the molecule is Cc1ccc(F)cc1NC(=O)CCCNS(=O)(=O)c1cccc(C(F)(F)F)c1. The Morgan fingerprint density at radius 1 is 1.11 bits per heavy atom. The number of hydrogen-bond donors (Lipinski definition) is 2. The van der Waals surface area contributed by atoms with Gasteiger partial charge in [-0.1, -0.05) is 12.1 Å². The maximum Gasteiger partial charge on any atom is 0.416 e. The van der Waals surface area contributed by atoms with Gasteiger partial charge in [-0.2, -0.15) is 13.2 Å². The van der Waals surface area contributed by atoms with Gasteiger partial charge in [-0.05, 0) is 49.2 Å². The Hall–Kier alpha value is -2.46. The quantitative estimate of drug-likeness (QED) is 0.530. The zero-order valence-electron chi connectivity index (χ0n) is 14.8. The smallest absolute Gasteiger partial charge is 0.326 e. The molecule has 5 nitrogen and oxygen atoms in total. The van der Waals surface area contributed by atoms with Crippen molar-refractivity contribution >= 4 is 21.6 Å². The number of carbonyl (C=O) groups excluding carboxylic acids is 1. The normalized spacial score (nSPS) is 12.0. The second kappa shape index (κ2) is 8.70.